The lowest BCUT2D eigenvalue weighted by Gasteiger charge is -2.26. The Morgan fingerprint density at radius 1 is 1.71 bits per heavy atom. The van der Waals surface area contributed by atoms with Gasteiger partial charge in [0.15, 0.2) is 0 Å². The number of hydrogen-bond acceptors (Lipinski definition) is 1. The van der Waals surface area contributed by atoms with Crippen molar-refractivity contribution >= 4 is 11.8 Å². The van der Waals surface area contributed by atoms with Gasteiger partial charge in [0, 0.05) is 13.1 Å². The van der Waals surface area contributed by atoms with Crippen LogP contribution in [0.25, 0.3) is 0 Å². The molecule has 2 heteroatoms. The fourth-order valence-electron chi connectivity index (χ4n) is 0.577. The maximum Gasteiger partial charge on any atom is 0.0365 e. The molecule has 1 aliphatic rings. The molecule has 0 unspecified atom stereocenters. The van der Waals surface area contributed by atoms with E-state index in [1.807, 2.05) is 6.92 Å². The van der Waals surface area contributed by atoms with Gasteiger partial charge in [-0.15, -0.1) is 0 Å². The second-order valence-electron chi connectivity index (χ2n) is 1.73. The van der Waals surface area contributed by atoms with Gasteiger partial charge in [0.2, 0.25) is 0 Å². The fourth-order valence-corrected chi connectivity index (χ4v) is 0.884. The first-order valence-corrected chi connectivity index (χ1v) is 2.71. The van der Waals surface area contributed by atoms with Crippen molar-refractivity contribution in [1.29, 1.82) is 0 Å². The summed E-state index contributed by atoms with van der Waals surface area (Å²) in [6, 6.07) is 0. The van der Waals surface area contributed by atoms with E-state index in [4.69, 9.17) is 11.8 Å². The smallest absolute Gasteiger partial charge is 0.0365 e. The van der Waals surface area contributed by atoms with E-state index >= 15 is 0 Å². The molecule has 1 saturated heterocycles. The Balaban J connectivity index is 2.30. The molecule has 40 valence electrons. The van der Waals surface area contributed by atoms with Crippen LogP contribution in [0.2, 0.25) is 0 Å². The van der Waals surface area contributed by atoms with Crippen LogP contribution in [0.4, 0.5) is 0 Å². The van der Waals surface area contributed by atoms with Crippen LogP contribution in [0.1, 0.15) is 6.92 Å². The minimum absolute atomic E-state index is 0.956. The van der Waals surface area contributed by atoms with E-state index in [-0.39, 0.29) is 0 Å². The maximum absolute atomic E-state index is 5.51. The Morgan fingerprint density at radius 3 is 2.43 bits per heavy atom. The molecule has 7 heavy (non-hydrogen) atoms. The largest absolute Gasteiger partial charge is 0.212 e. The SMILES string of the molecule is CC=C1CN(Cl)C1. The molecule has 0 saturated carbocycles. The first-order chi connectivity index (χ1) is 3.33. The number of halogens is 1. The van der Waals surface area contributed by atoms with E-state index in [2.05, 4.69) is 6.08 Å². The van der Waals surface area contributed by atoms with Crippen molar-refractivity contribution in [2.24, 2.45) is 0 Å². The van der Waals surface area contributed by atoms with Gasteiger partial charge >= 0.3 is 0 Å². The van der Waals surface area contributed by atoms with Gasteiger partial charge in [0.05, 0.1) is 0 Å². The highest BCUT2D eigenvalue weighted by Crippen LogP contribution is 2.14. The minimum atomic E-state index is 0.956. The van der Waals surface area contributed by atoms with Crippen LogP contribution in [0.15, 0.2) is 11.6 Å². The van der Waals surface area contributed by atoms with Crippen LogP contribution in [0, 0.1) is 0 Å². The van der Waals surface area contributed by atoms with E-state index in [1.165, 1.54) is 5.57 Å². The van der Waals surface area contributed by atoms with Gasteiger partial charge in [-0.3, -0.25) is 0 Å². The highest BCUT2D eigenvalue weighted by Gasteiger charge is 2.15. The van der Waals surface area contributed by atoms with Crippen LogP contribution in [-0.2, 0) is 0 Å². The van der Waals surface area contributed by atoms with Gasteiger partial charge in [-0.05, 0) is 24.3 Å². The highest BCUT2D eigenvalue weighted by atomic mass is 35.5. The number of nitrogens with zero attached hydrogens (tertiary/aromatic N) is 1. The summed E-state index contributed by atoms with van der Waals surface area (Å²) in [6.45, 7) is 3.95. The average molecular weight is 118 g/mol. The summed E-state index contributed by atoms with van der Waals surface area (Å²) in [5.41, 5.74) is 1.44. The van der Waals surface area contributed by atoms with Crippen molar-refractivity contribution in [3.05, 3.63) is 11.6 Å². The second kappa shape index (κ2) is 1.85. The summed E-state index contributed by atoms with van der Waals surface area (Å²) >= 11 is 5.51. The summed E-state index contributed by atoms with van der Waals surface area (Å²) in [6.07, 6.45) is 2.11. The van der Waals surface area contributed by atoms with Gasteiger partial charge in [-0.1, -0.05) is 6.08 Å². The second-order valence-corrected chi connectivity index (χ2v) is 2.20. The van der Waals surface area contributed by atoms with Crippen molar-refractivity contribution in [2.75, 3.05) is 13.1 Å². The highest BCUT2D eigenvalue weighted by molar-refractivity contribution is 6.14. The Bertz CT molecular complexity index is 90.3. The maximum atomic E-state index is 5.51. The molecule has 0 aromatic rings. The van der Waals surface area contributed by atoms with Gasteiger partial charge < -0.3 is 0 Å². The van der Waals surface area contributed by atoms with Crippen LogP contribution < -0.4 is 0 Å². The Labute approximate surface area is 48.7 Å². The Kier molecular flexibility index (Phi) is 1.35. The molecule has 0 atom stereocenters. The van der Waals surface area contributed by atoms with Crippen molar-refractivity contribution < 1.29 is 0 Å². The molecule has 0 spiro atoms. The predicted octanol–water partition coefficient (Wildman–Crippen LogP) is 1.40. The zero-order valence-electron chi connectivity index (χ0n) is 4.32. The number of allylic oxidation sites excluding steroid dienone is 1. The molecule has 1 nitrogen and oxygen atoms in total. The van der Waals surface area contributed by atoms with Crippen molar-refractivity contribution in [2.45, 2.75) is 6.92 Å². The van der Waals surface area contributed by atoms with Crippen LogP contribution >= 0.6 is 11.8 Å². The lowest BCUT2D eigenvalue weighted by molar-refractivity contribution is 0.430. The molecular formula is C5H8ClN. The zero-order chi connectivity index (χ0) is 5.28. The third-order valence-corrected chi connectivity index (χ3v) is 1.40. The average Bonchev–Trinajstić information content (AvgIpc) is 1.58. The predicted molar refractivity (Wildman–Crippen MR) is 31.2 cm³/mol. The summed E-state index contributed by atoms with van der Waals surface area (Å²) in [5.74, 6) is 0. The first kappa shape index (κ1) is 5.13. The van der Waals surface area contributed by atoms with Crippen molar-refractivity contribution in [1.82, 2.24) is 4.42 Å². The lowest BCUT2D eigenvalue weighted by Crippen LogP contribution is -2.31. The van der Waals surface area contributed by atoms with Crippen LogP contribution in [-0.4, -0.2) is 17.5 Å². The van der Waals surface area contributed by atoms with E-state index in [9.17, 15) is 0 Å². The molecule has 1 fully saturated rings. The van der Waals surface area contributed by atoms with Crippen molar-refractivity contribution in [3.63, 3.8) is 0 Å². The molecule has 0 bridgehead atoms. The fraction of sp³-hybridized carbons (Fsp3) is 0.600. The quantitative estimate of drug-likeness (QED) is 0.343. The van der Waals surface area contributed by atoms with Crippen LogP contribution in [0.3, 0.4) is 0 Å². The molecular weight excluding hydrogens is 110 g/mol. The molecule has 0 aromatic heterocycles. The number of hydrogen-bond donors (Lipinski definition) is 0. The van der Waals surface area contributed by atoms with Crippen molar-refractivity contribution in [3.8, 4) is 0 Å². The molecule has 1 rings (SSSR count). The monoisotopic (exact) mass is 117 g/mol. The molecule has 1 heterocycles. The third-order valence-electron chi connectivity index (χ3n) is 1.16. The van der Waals surface area contributed by atoms with Gasteiger partial charge in [0.25, 0.3) is 0 Å². The Hall–Kier alpha value is -0.0100. The van der Waals surface area contributed by atoms with Crippen LogP contribution in [0.5, 0.6) is 0 Å². The van der Waals surface area contributed by atoms with E-state index in [1.54, 1.807) is 4.42 Å². The summed E-state index contributed by atoms with van der Waals surface area (Å²) in [5, 5.41) is 0. The molecule has 0 aliphatic carbocycles. The summed E-state index contributed by atoms with van der Waals surface area (Å²) in [7, 11) is 0. The van der Waals surface area contributed by atoms with E-state index < -0.39 is 0 Å². The molecule has 0 amide bonds. The molecule has 1 aliphatic heterocycles. The third kappa shape index (κ3) is 0.956. The summed E-state index contributed by atoms with van der Waals surface area (Å²) < 4.78 is 1.76. The minimum Gasteiger partial charge on any atom is -0.212 e. The normalized spacial score (nSPS) is 21.7. The molecule has 0 aromatic carbocycles. The number of rotatable bonds is 0. The van der Waals surface area contributed by atoms with Gasteiger partial charge in [-0.25, -0.2) is 4.42 Å². The standard InChI is InChI=1S/C5H8ClN/c1-2-5-3-7(6)4-5/h2H,3-4H2,1H3. The summed E-state index contributed by atoms with van der Waals surface area (Å²) in [4.78, 5) is 0. The molecule has 0 N–H and O–H groups in total. The first-order valence-electron chi connectivity index (χ1n) is 2.37. The van der Waals surface area contributed by atoms with E-state index in [0.29, 0.717) is 0 Å². The topological polar surface area (TPSA) is 3.24 Å². The van der Waals surface area contributed by atoms with Gasteiger partial charge in [0.1, 0.15) is 0 Å². The zero-order valence-corrected chi connectivity index (χ0v) is 5.07. The van der Waals surface area contributed by atoms with E-state index in [0.717, 1.165) is 13.1 Å². The van der Waals surface area contributed by atoms with Gasteiger partial charge in [-0.2, -0.15) is 0 Å². The lowest BCUT2D eigenvalue weighted by atomic mass is 10.1. The molecule has 0 radical (unpaired) electrons. The Morgan fingerprint density at radius 2 is 2.29 bits per heavy atom.